The Balaban J connectivity index is 4.79. The molecular weight excluding hydrogens is 276 g/mol. The second kappa shape index (κ2) is 9.20. The molecule has 0 aliphatic heterocycles. The smallest absolute Gasteiger partial charge is 0.326 e. The van der Waals surface area contributed by atoms with Crippen molar-refractivity contribution >= 4 is 18.0 Å². The molecule has 2 N–H and O–H groups in total. The molecule has 0 aliphatic carbocycles. The monoisotopic (exact) mass is 302 g/mol. The molecule has 0 fully saturated rings. The highest BCUT2D eigenvalue weighted by atomic mass is 16.5. The Kier molecular flexibility index (Phi) is 8.42. The van der Waals surface area contributed by atoms with Gasteiger partial charge in [0.25, 0.3) is 0 Å². The molecular formula is C14H26N2O5. The van der Waals surface area contributed by atoms with E-state index in [9.17, 15) is 14.4 Å². The summed E-state index contributed by atoms with van der Waals surface area (Å²) in [5, 5.41) is 11.6. The minimum atomic E-state index is -1.09. The molecule has 0 unspecified atom stereocenters. The number of carbonyl (C=O) groups excluding carboxylic acids is 2. The molecule has 0 saturated heterocycles. The van der Waals surface area contributed by atoms with Crippen LogP contribution in [0.25, 0.3) is 0 Å². The fraction of sp³-hybridized carbons (Fsp3) is 0.786. The van der Waals surface area contributed by atoms with E-state index in [0.29, 0.717) is 6.42 Å². The van der Waals surface area contributed by atoms with Crippen molar-refractivity contribution in [1.29, 1.82) is 0 Å². The maximum absolute atomic E-state index is 12.2. The molecule has 0 rings (SSSR count). The van der Waals surface area contributed by atoms with Gasteiger partial charge in [-0.05, 0) is 33.1 Å². The Morgan fingerprint density at radius 3 is 2.14 bits per heavy atom. The van der Waals surface area contributed by atoms with Gasteiger partial charge in [0.05, 0.1) is 6.61 Å². The molecule has 21 heavy (non-hydrogen) atoms. The van der Waals surface area contributed by atoms with Gasteiger partial charge in [0.15, 0.2) is 0 Å². The van der Waals surface area contributed by atoms with Crippen LogP contribution < -0.4 is 5.32 Å². The van der Waals surface area contributed by atoms with Crippen LogP contribution in [0.1, 0.15) is 41.0 Å². The fourth-order valence-corrected chi connectivity index (χ4v) is 1.76. The second-order valence-corrected chi connectivity index (χ2v) is 5.50. The molecule has 7 heteroatoms. The van der Waals surface area contributed by atoms with Gasteiger partial charge in [-0.3, -0.25) is 4.79 Å². The summed E-state index contributed by atoms with van der Waals surface area (Å²) in [4.78, 5) is 36.1. The maximum Gasteiger partial charge on any atom is 0.326 e. The summed E-state index contributed by atoms with van der Waals surface area (Å²) in [7, 11) is 0. The van der Waals surface area contributed by atoms with Gasteiger partial charge in [-0.1, -0.05) is 13.8 Å². The predicted molar refractivity (Wildman–Crippen MR) is 77.9 cm³/mol. The summed E-state index contributed by atoms with van der Waals surface area (Å²) < 4.78 is 4.81. The Bertz CT molecular complexity index is 368. The van der Waals surface area contributed by atoms with Crippen molar-refractivity contribution in [3.8, 4) is 0 Å². The van der Waals surface area contributed by atoms with Crippen molar-refractivity contribution in [1.82, 2.24) is 10.2 Å². The molecule has 0 spiro atoms. The minimum absolute atomic E-state index is 0.129. The van der Waals surface area contributed by atoms with Gasteiger partial charge in [-0.25, -0.2) is 9.59 Å². The molecule has 1 atom stereocenters. The first-order valence-electron chi connectivity index (χ1n) is 7.14. The topological polar surface area (TPSA) is 95.9 Å². The number of nitrogens with one attached hydrogen (secondary N) is 1. The number of carboxylic acids is 1. The molecule has 0 saturated carbocycles. The molecule has 7 nitrogen and oxygen atoms in total. The number of carbonyl (C=O) groups is 3. The van der Waals surface area contributed by atoms with Crippen LogP contribution in [-0.4, -0.2) is 53.2 Å². The Morgan fingerprint density at radius 1 is 1.19 bits per heavy atom. The number of rotatable bonds is 8. The van der Waals surface area contributed by atoms with Crippen LogP contribution in [0, 0.1) is 5.92 Å². The number of nitrogens with zero attached hydrogens (tertiary/aromatic N) is 1. The van der Waals surface area contributed by atoms with Gasteiger partial charge >= 0.3 is 18.0 Å². The number of amides is 2. The largest absolute Gasteiger partial charge is 0.480 e. The quantitative estimate of drug-likeness (QED) is 0.662. The average Bonchev–Trinajstić information content (AvgIpc) is 2.34. The molecule has 0 aromatic heterocycles. The van der Waals surface area contributed by atoms with Crippen molar-refractivity contribution in [2.24, 2.45) is 5.92 Å². The second-order valence-electron chi connectivity index (χ2n) is 5.50. The summed E-state index contributed by atoms with van der Waals surface area (Å²) in [5.41, 5.74) is 0. The van der Waals surface area contributed by atoms with E-state index in [1.807, 2.05) is 13.8 Å². The zero-order valence-electron chi connectivity index (χ0n) is 13.4. The lowest BCUT2D eigenvalue weighted by molar-refractivity contribution is -0.144. The lowest BCUT2D eigenvalue weighted by Gasteiger charge is -2.28. The molecule has 0 aromatic carbocycles. The van der Waals surface area contributed by atoms with Gasteiger partial charge in [0.1, 0.15) is 12.6 Å². The van der Waals surface area contributed by atoms with E-state index in [1.165, 1.54) is 4.90 Å². The van der Waals surface area contributed by atoms with Crippen molar-refractivity contribution in [3.05, 3.63) is 0 Å². The van der Waals surface area contributed by atoms with E-state index >= 15 is 0 Å². The normalized spacial score (nSPS) is 12.1. The minimum Gasteiger partial charge on any atom is -0.480 e. The van der Waals surface area contributed by atoms with Crippen LogP contribution in [0.2, 0.25) is 0 Å². The first-order valence-corrected chi connectivity index (χ1v) is 7.14. The number of hydrogen-bond acceptors (Lipinski definition) is 4. The zero-order chi connectivity index (χ0) is 16.6. The van der Waals surface area contributed by atoms with E-state index in [1.54, 1.807) is 20.8 Å². The SMILES string of the molecule is CCOC(=O)CN(C(=O)N[C@@H](CC(C)C)C(=O)O)C(C)C. The third-order valence-electron chi connectivity index (χ3n) is 2.79. The fourth-order valence-electron chi connectivity index (χ4n) is 1.76. The number of urea groups is 1. The van der Waals surface area contributed by atoms with Gasteiger partial charge < -0.3 is 20.1 Å². The highest BCUT2D eigenvalue weighted by Gasteiger charge is 2.26. The first kappa shape index (κ1) is 19.2. The van der Waals surface area contributed by atoms with Crippen LogP contribution >= 0.6 is 0 Å². The summed E-state index contributed by atoms with van der Waals surface area (Å²) >= 11 is 0. The Labute approximate surface area is 125 Å². The van der Waals surface area contributed by atoms with Crippen molar-refractivity contribution in [2.75, 3.05) is 13.2 Å². The predicted octanol–water partition coefficient (Wildman–Crippen LogP) is 1.47. The summed E-state index contributed by atoms with van der Waals surface area (Å²) in [6.07, 6.45) is 0.326. The summed E-state index contributed by atoms with van der Waals surface area (Å²) in [5.74, 6) is -1.47. The third kappa shape index (κ3) is 7.53. The third-order valence-corrected chi connectivity index (χ3v) is 2.79. The molecule has 0 radical (unpaired) electrons. The number of ether oxygens (including phenoxy) is 1. The highest BCUT2D eigenvalue weighted by molar-refractivity contribution is 5.85. The molecule has 0 aromatic rings. The zero-order valence-corrected chi connectivity index (χ0v) is 13.4. The molecule has 2 amide bonds. The number of hydrogen-bond donors (Lipinski definition) is 2. The van der Waals surface area contributed by atoms with Gasteiger partial charge in [0.2, 0.25) is 0 Å². The molecule has 122 valence electrons. The maximum atomic E-state index is 12.2. The average molecular weight is 302 g/mol. The summed E-state index contributed by atoms with van der Waals surface area (Å²) in [6, 6.07) is -1.80. The van der Waals surface area contributed by atoms with E-state index in [2.05, 4.69) is 5.32 Å². The van der Waals surface area contributed by atoms with Gasteiger partial charge in [0, 0.05) is 6.04 Å². The summed E-state index contributed by atoms with van der Waals surface area (Å²) in [6.45, 7) is 8.96. The van der Waals surface area contributed by atoms with Crippen LogP contribution in [-0.2, 0) is 14.3 Å². The van der Waals surface area contributed by atoms with Crippen LogP contribution in [0.3, 0.4) is 0 Å². The highest BCUT2D eigenvalue weighted by Crippen LogP contribution is 2.07. The molecule has 0 aliphatic rings. The standard InChI is InChI=1S/C14H26N2O5/c1-6-21-12(17)8-16(10(4)5)14(20)15-11(13(18)19)7-9(2)3/h9-11H,6-8H2,1-5H3,(H,15,20)(H,18,19)/t11-/m0/s1. The van der Waals surface area contributed by atoms with E-state index in [4.69, 9.17) is 9.84 Å². The lowest BCUT2D eigenvalue weighted by atomic mass is 10.0. The van der Waals surface area contributed by atoms with Gasteiger partial charge in [-0.2, -0.15) is 0 Å². The molecule has 0 heterocycles. The van der Waals surface area contributed by atoms with E-state index < -0.39 is 24.0 Å². The number of carboxylic acid groups (broad SMARTS) is 1. The Hall–Kier alpha value is -1.79. The van der Waals surface area contributed by atoms with E-state index in [-0.39, 0.29) is 25.1 Å². The Morgan fingerprint density at radius 2 is 1.76 bits per heavy atom. The lowest BCUT2D eigenvalue weighted by Crippen LogP contribution is -2.52. The first-order chi connectivity index (χ1) is 9.68. The van der Waals surface area contributed by atoms with Crippen LogP contribution in [0.5, 0.6) is 0 Å². The van der Waals surface area contributed by atoms with Crippen LogP contribution in [0.15, 0.2) is 0 Å². The van der Waals surface area contributed by atoms with Gasteiger partial charge in [-0.15, -0.1) is 0 Å². The molecule has 0 bridgehead atoms. The van der Waals surface area contributed by atoms with Crippen molar-refractivity contribution in [3.63, 3.8) is 0 Å². The number of esters is 1. The van der Waals surface area contributed by atoms with Crippen molar-refractivity contribution in [2.45, 2.75) is 53.1 Å². The van der Waals surface area contributed by atoms with Crippen molar-refractivity contribution < 1.29 is 24.2 Å². The number of aliphatic carboxylic acids is 1. The van der Waals surface area contributed by atoms with E-state index in [0.717, 1.165) is 0 Å². The van der Waals surface area contributed by atoms with Crippen LogP contribution in [0.4, 0.5) is 4.79 Å².